The van der Waals surface area contributed by atoms with Crippen LogP contribution in [0.1, 0.15) is 0 Å². The van der Waals surface area contributed by atoms with E-state index >= 15 is 0 Å². The van der Waals surface area contributed by atoms with Crippen molar-refractivity contribution in [2.45, 2.75) is 6.04 Å². The molecule has 1 aliphatic heterocycles. The molecule has 1 aliphatic rings. The van der Waals surface area contributed by atoms with Crippen LogP contribution in [0.5, 0.6) is 0 Å². The summed E-state index contributed by atoms with van der Waals surface area (Å²) < 4.78 is 0. The lowest BCUT2D eigenvalue weighted by Crippen LogP contribution is -2.29. The van der Waals surface area contributed by atoms with Crippen LogP contribution in [0, 0.1) is 0 Å². The molecular weight excluding hydrogens is 192 g/mol. The number of amides is 1. The molecule has 6 heteroatoms. The van der Waals surface area contributed by atoms with Crippen molar-refractivity contribution in [2.75, 3.05) is 12.3 Å². The molecule has 0 aromatic heterocycles. The fraction of sp³-hybridized carbons (Fsp3) is 0.429. The van der Waals surface area contributed by atoms with Gasteiger partial charge in [-0.1, -0.05) is 0 Å². The summed E-state index contributed by atoms with van der Waals surface area (Å²) in [5.74, 6) is -0.739. The van der Waals surface area contributed by atoms with Crippen LogP contribution in [0.3, 0.4) is 0 Å². The highest BCUT2D eigenvalue weighted by Crippen LogP contribution is 2.23. The first-order valence-corrected chi connectivity index (χ1v) is 4.68. The number of carbonyl (C=O) groups excluding carboxylic acids is 1. The van der Waals surface area contributed by atoms with Gasteiger partial charge in [0.2, 0.25) is 0 Å². The van der Waals surface area contributed by atoms with Crippen molar-refractivity contribution >= 4 is 23.6 Å². The van der Waals surface area contributed by atoms with E-state index in [1.54, 1.807) is 6.08 Å². The fourth-order valence-corrected chi connectivity index (χ4v) is 1.80. The van der Waals surface area contributed by atoms with Crippen molar-refractivity contribution in [1.82, 2.24) is 5.32 Å². The first-order valence-electron chi connectivity index (χ1n) is 3.70. The summed E-state index contributed by atoms with van der Waals surface area (Å²) >= 11 is 1.34. The lowest BCUT2D eigenvalue weighted by Gasteiger charge is -2.00. The van der Waals surface area contributed by atoms with Gasteiger partial charge in [-0.2, -0.15) is 0 Å². The smallest absolute Gasteiger partial charge is 0.322 e. The fourth-order valence-electron chi connectivity index (χ4n) is 0.861. The maximum atomic E-state index is 11.2. The van der Waals surface area contributed by atoms with Crippen LogP contribution >= 0.6 is 11.8 Å². The zero-order valence-electron chi connectivity index (χ0n) is 6.82. The molecule has 1 heterocycles. The van der Waals surface area contributed by atoms with Crippen LogP contribution in [-0.4, -0.2) is 35.3 Å². The largest absolute Gasteiger partial charge is 0.480 e. The van der Waals surface area contributed by atoms with Gasteiger partial charge >= 0.3 is 5.97 Å². The Morgan fingerprint density at radius 2 is 2.46 bits per heavy atom. The van der Waals surface area contributed by atoms with Crippen LogP contribution in [0.2, 0.25) is 0 Å². The lowest BCUT2D eigenvalue weighted by molar-refractivity contribution is -0.137. The highest BCUT2D eigenvalue weighted by atomic mass is 32.2. The molecular formula is C7H10N2O3S. The minimum atomic E-state index is -1.05. The molecule has 72 valence electrons. The molecule has 0 saturated carbocycles. The monoisotopic (exact) mass is 202 g/mol. The number of aliphatic carboxylic acids is 1. The van der Waals surface area contributed by atoms with Gasteiger partial charge in [-0.3, -0.25) is 9.59 Å². The Labute approximate surface area is 79.4 Å². The van der Waals surface area contributed by atoms with Crippen molar-refractivity contribution in [1.29, 1.82) is 0 Å². The minimum Gasteiger partial charge on any atom is -0.480 e. The van der Waals surface area contributed by atoms with Crippen molar-refractivity contribution in [2.24, 2.45) is 5.73 Å². The predicted octanol–water partition coefficient (Wildman–Crippen LogP) is -0.855. The summed E-state index contributed by atoms with van der Waals surface area (Å²) in [6.07, 6.45) is 1.64. The Morgan fingerprint density at radius 1 is 1.77 bits per heavy atom. The number of hydrogen-bond acceptors (Lipinski definition) is 4. The van der Waals surface area contributed by atoms with E-state index in [4.69, 9.17) is 10.8 Å². The van der Waals surface area contributed by atoms with Gasteiger partial charge < -0.3 is 16.2 Å². The third kappa shape index (κ3) is 3.08. The highest BCUT2D eigenvalue weighted by molar-refractivity contribution is 8.04. The van der Waals surface area contributed by atoms with E-state index in [0.717, 1.165) is 0 Å². The van der Waals surface area contributed by atoms with Crippen LogP contribution < -0.4 is 11.1 Å². The van der Waals surface area contributed by atoms with E-state index in [1.807, 2.05) is 0 Å². The molecule has 0 aromatic rings. The number of rotatable bonds is 3. The van der Waals surface area contributed by atoms with Gasteiger partial charge in [0.05, 0.1) is 4.91 Å². The first kappa shape index (κ1) is 10.1. The molecule has 5 nitrogen and oxygen atoms in total. The van der Waals surface area contributed by atoms with Crippen molar-refractivity contribution in [3.05, 3.63) is 11.0 Å². The lowest BCUT2D eigenvalue weighted by atomic mass is 10.3. The molecule has 0 fully saturated rings. The third-order valence-corrected chi connectivity index (χ3v) is 2.60. The molecule has 0 spiro atoms. The Bertz CT molecular complexity index is 264. The van der Waals surface area contributed by atoms with Crippen molar-refractivity contribution in [3.8, 4) is 0 Å². The van der Waals surface area contributed by atoms with Crippen LogP contribution in [-0.2, 0) is 9.59 Å². The second kappa shape index (κ2) is 4.29. The molecule has 0 radical (unpaired) electrons. The average molecular weight is 202 g/mol. The van der Waals surface area contributed by atoms with Crippen LogP contribution in [0.4, 0.5) is 0 Å². The van der Waals surface area contributed by atoms with Gasteiger partial charge in [-0.15, -0.1) is 11.8 Å². The molecule has 4 N–H and O–H groups in total. The van der Waals surface area contributed by atoms with Gasteiger partial charge in [-0.25, -0.2) is 0 Å². The SMILES string of the molecule is NC1C=C(C(=O)NCC(=O)O)SC1. The Hall–Kier alpha value is -1.01. The number of carboxylic acid groups (broad SMARTS) is 1. The van der Waals surface area contributed by atoms with Crippen LogP contribution in [0.25, 0.3) is 0 Å². The Balaban J connectivity index is 2.40. The Morgan fingerprint density at radius 3 is 2.92 bits per heavy atom. The van der Waals surface area contributed by atoms with E-state index in [0.29, 0.717) is 10.7 Å². The first-order chi connectivity index (χ1) is 6.09. The van der Waals surface area contributed by atoms with Gasteiger partial charge in [0, 0.05) is 11.8 Å². The summed E-state index contributed by atoms with van der Waals surface area (Å²) in [6, 6.07) is -0.101. The van der Waals surface area contributed by atoms with E-state index in [9.17, 15) is 9.59 Å². The van der Waals surface area contributed by atoms with E-state index in [2.05, 4.69) is 5.32 Å². The molecule has 1 atom stereocenters. The molecule has 13 heavy (non-hydrogen) atoms. The third-order valence-electron chi connectivity index (χ3n) is 1.42. The molecule has 1 amide bonds. The summed E-state index contributed by atoms with van der Waals surface area (Å²) in [7, 11) is 0. The minimum absolute atomic E-state index is 0.101. The number of nitrogens with one attached hydrogen (secondary N) is 1. The molecule has 0 aliphatic carbocycles. The van der Waals surface area contributed by atoms with Gasteiger partial charge in [-0.05, 0) is 6.08 Å². The number of carbonyl (C=O) groups is 2. The highest BCUT2D eigenvalue weighted by Gasteiger charge is 2.18. The van der Waals surface area contributed by atoms with Gasteiger partial charge in [0.1, 0.15) is 6.54 Å². The molecule has 0 saturated heterocycles. The second-order valence-electron chi connectivity index (χ2n) is 2.58. The second-order valence-corrected chi connectivity index (χ2v) is 3.64. The van der Waals surface area contributed by atoms with E-state index < -0.39 is 5.97 Å². The summed E-state index contributed by atoms with van der Waals surface area (Å²) in [5, 5.41) is 10.6. The summed E-state index contributed by atoms with van der Waals surface area (Å²) in [6.45, 7) is -0.355. The maximum Gasteiger partial charge on any atom is 0.322 e. The molecule has 1 unspecified atom stereocenters. The molecule has 0 bridgehead atoms. The number of hydrogen-bond donors (Lipinski definition) is 3. The summed E-state index contributed by atoms with van der Waals surface area (Å²) in [4.78, 5) is 21.8. The van der Waals surface area contributed by atoms with Crippen LogP contribution in [0.15, 0.2) is 11.0 Å². The maximum absolute atomic E-state index is 11.2. The predicted molar refractivity (Wildman–Crippen MR) is 49.2 cm³/mol. The van der Waals surface area contributed by atoms with E-state index in [1.165, 1.54) is 11.8 Å². The molecule has 1 rings (SSSR count). The molecule has 0 aromatic carbocycles. The topological polar surface area (TPSA) is 92.4 Å². The van der Waals surface area contributed by atoms with Crippen molar-refractivity contribution < 1.29 is 14.7 Å². The Kier molecular flexibility index (Phi) is 3.32. The average Bonchev–Trinajstić information content (AvgIpc) is 2.47. The van der Waals surface area contributed by atoms with E-state index in [-0.39, 0.29) is 18.5 Å². The zero-order chi connectivity index (χ0) is 9.84. The standard InChI is InChI=1S/C7H10N2O3S/c8-4-1-5(13-3-4)7(12)9-2-6(10)11/h1,4H,2-3,8H2,(H,9,12)(H,10,11). The summed E-state index contributed by atoms with van der Waals surface area (Å²) in [5.41, 5.74) is 5.53. The zero-order valence-corrected chi connectivity index (χ0v) is 7.63. The number of carboxylic acids is 1. The van der Waals surface area contributed by atoms with Gasteiger partial charge in [0.25, 0.3) is 5.91 Å². The van der Waals surface area contributed by atoms with Gasteiger partial charge in [0.15, 0.2) is 0 Å². The van der Waals surface area contributed by atoms with Crippen molar-refractivity contribution in [3.63, 3.8) is 0 Å². The number of thioether (sulfide) groups is 1. The normalized spacial score (nSPS) is 21.0. The number of nitrogens with two attached hydrogens (primary N) is 1. The quantitative estimate of drug-likeness (QED) is 0.554.